The first-order valence-electron chi connectivity index (χ1n) is 12.2. The zero-order chi connectivity index (χ0) is 24.2. The van der Waals surface area contributed by atoms with Crippen molar-refractivity contribution in [1.82, 2.24) is 24.3 Å². The molecule has 2 aromatic carbocycles. The van der Waals surface area contributed by atoms with Gasteiger partial charge in [0, 0.05) is 57.8 Å². The van der Waals surface area contributed by atoms with E-state index in [1.165, 1.54) is 5.69 Å². The summed E-state index contributed by atoms with van der Waals surface area (Å²) in [4.78, 5) is 17.0. The van der Waals surface area contributed by atoms with Crippen molar-refractivity contribution in [2.45, 2.75) is 0 Å². The standard InChI is InChI=1S/C27H34N6O2/c1-30(2)11-12-31-13-15-32(16-14-31)25-6-4-5-21-7-10-26(29-27(21)25)33-20-28-23-19-22(8-9-24(23)33)35-18-17-34-3/h4-10,19-20H,11-18H2,1-3H3. The van der Waals surface area contributed by atoms with Crippen LogP contribution >= 0.6 is 0 Å². The maximum absolute atomic E-state index is 5.74. The van der Waals surface area contributed by atoms with Gasteiger partial charge in [0.25, 0.3) is 0 Å². The summed E-state index contributed by atoms with van der Waals surface area (Å²) in [6.07, 6.45) is 1.84. The molecule has 1 fully saturated rings. The first-order valence-corrected chi connectivity index (χ1v) is 12.2. The highest BCUT2D eigenvalue weighted by molar-refractivity contribution is 5.92. The van der Waals surface area contributed by atoms with Crippen molar-refractivity contribution >= 4 is 27.6 Å². The van der Waals surface area contributed by atoms with Crippen molar-refractivity contribution in [3.63, 3.8) is 0 Å². The van der Waals surface area contributed by atoms with Crippen LogP contribution in [0.25, 0.3) is 27.8 Å². The quantitative estimate of drug-likeness (QED) is 0.345. The molecule has 8 nitrogen and oxygen atoms in total. The van der Waals surface area contributed by atoms with Gasteiger partial charge in [-0.05, 0) is 44.4 Å². The van der Waals surface area contributed by atoms with Crippen LogP contribution in [-0.2, 0) is 4.74 Å². The molecule has 0 atom stereocenters. The second kappa shape index (κ2) is 10.6. The number of hydrogen-bond donors (Lipinski definition) is 0. The number of anilines is 1. The average molecular weight is 475 g/mol. The summed E-state index contributed by atoms with van der Waals surface area (Å²) in [5.41, 5.74) is 4.12. The molecule has 184 valence electrons. The van der Waals surface area contributed by atoms with E-state index >= 15 is 0 Å². The van der Waals surface area contributed by atoms with Crippen LogP contribution < -0.4 is 9.64 Å². The Balaban J connectivity index is 1.39. The highest BCUT2D eigenvalue weighted by Gasteiger charge is 2.19. The Kier molecular flexibility index (Phi) is 7.13. The van der Waals surface area contributed by atoms with Crippen LogP contribution in [0.1, 0.15) is 0 Å². The first kappa shape index (κ1) is 23.5. The van der Waals surface area contributed by atoms with Crippen molar-refractivity contribution < 1.29 is 9.47 Å². The number of nitrogens with zero attached hydrogens (tertiary/aromatic N) is 6. The number of piperazine rings is 1. The van der Waals surface area contributed by atoms with Gasteiger partial charge in [0.15, 0.2) is 0 Å². The maximum Gasteiger partial charge on any atom is 0.139 e. The summed E-state index contributed by atoms with van der Waals surface area (Å²) < 4.78 is 12.9. The Hall–Kier alpha value is -3.20. The summed E-state index contributed by atoms with van der Waals surface area (Å²) in [5.74, 6) is 1.66. The van der Waals surface area contributed by atoms with E-state index in [2.05, 4.69) is 64.1 Å². The minimum absolute atomic E-state index is 0.516. The van der Waals surface area contributed by atoms with Gasteiger partial charge in [-0.1, -0.05) is 12.1 Å². The van der Waals surface area contributed by atoms with Gasteiger partial charge in [-0.15, -0.1) is 0 Å². The van der Waals surface area contributed by atoms with E-state index in [1.807, 2.05) is 29.1 Å². The highest BCUT2D eigenvalue weighted by atomic mass is 16.5. The molecule has 0 spiro atoms. The lowest BCUT2D eigenvalue weighted by atomic mass is 10.1. The fourth-order valence-electron chi connectivity index (χ4n) is 4.57. The maximum atomic E-state index is 5.74. The molecule has 0 bridgehead atoms. The molecule has 35 heavy (non-hydrogen) atoms. The zero-order valence-corrected chi connectivity index (χ0v) is 20.9. The smallest absolute Gasteiger partial charge is 0.139 e. The second-order valence-corrected chi connectivity index (χ2v) is 9.26. The minimum Gasteiger partial charge on any atom is -0.491 e. The summed E-state index contributed by atoms with van der Waals surface area (Å²) in [5, 5.41) is 1.15. The SMILES string of the molecule is COCCOc1ccc2c(c1)ncn2-c1ccc2cccc(N3CCN(CCN(C)C)CC3)c2n1. The molecule has 0 unspecified atom stereocenters. The Morgan fingerprint density at radius 2 is 1.83 bits per heavy atom. The third-order valence-corrected chi connectivity index (χ3v) is 6.58. The van der Waals surface area contributed by atoms with E-state index in [-0.39, 0.29) is 0 Å². The van der Waals surface area contributed by atoms with E-state index in [0.717, 1.165) is 72.8 Å². The minimum atomic E-state index is 0.516. The van der Waals surface area contributed by atoms with Gasteiger partial charge in [-0.2, -0.15) is 0 Å². The molecule has 0 amide bonds. The number of hydrogen-bond acceptors (Lipinski definition) is 7. The number of pyridine rings is 1. The summed E-state index contributed by atoms with van der Waals surface area (Å²) in [6.45, 7) is 7.46. The van der Waals surface area contributed by atoms with Gasteiger partial charge >= 0.3 is 0 Å². The average Bonchev–Trinajstić information content (AvgIpc) is 3.31. The van der Waals surface area contributed by atoms with Crippen LogP contribution in [0.5, 0.6) is 5.75 Å². The first-order chi connectivity index (χ1) is 17.1. The summed E-state index contributed by atoms with van der Waals surface area (Å²) >= 11 is 0. The van der Waals surface area contributed by atoms with Gasteiger partial charge in [0.2, 0.25) is 0 Å². The van der Waals surface area contributed by atoms with Gasteiger partial charge in [-0.3, -0.25) is 9.47 Å². The van der Waals surface area contributed by atoms with E-state index in [4.69, 9.17) is 14.5 Å². The normalized spacial score (nSPS) is 14.9. The number of ether oxygens (including phenoxy) is 2. The molecule has 0 aliphatic carbocycles. The van der Waals surface area contributed by atoms with Crippen molar-refractivity contribution in [3.8, 4) is 11.6 Å². The lowest BCUT2D eigenvalue weighted by Gasteiger charge is -2.36. The Bertz CT molecular complexity index is 1280. The van der Waals surface area contributed by atoms with Crippen LogP contribution in [0.15, 0.2) is 54.9 Å². The number of benzene rings is 2. The zero-order valence-electron chi connectivity index (χ0n) is 20.9. The van der Waals surface area contributed by atoms with Gasteiger partial charge < -0.3 is 19.3 Å². The molecule has 1 aliphatic heterocycles. The van der Waals surface area contributed by atoms with Crippen molar-refractivity contribution in [3.05, 3.63) is 54.9 Å². The van der Waals surface area contributed by atoms with Crippen LogP contribution in [0, 0.1) is 0 Å². The number of fused-ring (bicyclic) bond motifs is 2. The molecule has 0 saturated carbocycles. The largest absolute Gasteiger partial charge is 0.491 e. The number of imidazole rings is 1. The Morgan fingerprint density at radius 3 is 2.63 bits per heavy atom. The molecule has 8 heteroatoms. The second-order valence-electron chi connectivity index (χ2n) is 9.26. The van der Waals surface area contributed by atoms with Gasteiger partial charge in [0.1, 0.15) is 24.5 Å². The fraction of sp³-hybridized carbons (Fsp3) is 0.407. The molecule has 0 N–H and O–H groups in total. The van der Waals surface area contributed by atoms with Gasteiger partial charge in [-0.25, -0.2) is 9.97 Å². The topological polar surface area (TPSA) is 58.9 Å². The number of rotatable bonds is 9. The molecule has 5 rings (SSSR count). The van der Waals surface area contributed by atoms with Crippen molar-refractivity contribution in [1.29, 1.82) is 0 Å². The summed E-state index contributed by atoms with van der Waals surface area (Å²) in [7, 11) is 5.94. The van der Waals surface area contributed by atoms with E-state index < -0.39 is 0 Å². The third kappa shape index (κ3) is 5.24. The fourth-order valence-corrected chi connectivity index (χ4v) is 4.57. The van der Waals surface area contributed by atoms with Crippen molar-refractivity contribution in [2.75, 3.05) is 78.6 Å². The van der Waals surface area contributed by atoms with Gasteiger partial charge in [0.05, 0.1) is 28.8 Å². The number of para-hydroxylation sites is 1. The number of methoxy groups -OCH3 is 1. The van der Waals surface area contributed by atoms with E-state index in [0.29, 0.717) is 13.2 Å². The molecule has 4 aromatic rings. The molecule has 2 aromatic heterocycles. The van der Waals surface area contributed by atoms with E-state index in [9.17, 15) is 0 Å². The van der Waals surface area contributed by atoms with Crippen LogP contribution in [-0.4, -0.2) is 98.0 Å². The number of aromatic nitrogens is 3. The molecular weight excluding hydrogens is 440 g/mol. The molecule has 0 radical (unpaired) electrons. The van der Waals surface area contributed by atoms with Crippen LogP contribution in [0.4, 0.5) is 5.69 Å². The monoisotopic (exact) mass is 474 g/mol. The van der Waals surface area contributed by atoms with Crippen LogP contribution in [0.3, 0.4) is 0 Å². The Morgan fingerprint density at radius 1 is 0.971 bits per heavy atom. The van der Waals surface area contributed by atoms with E-state index in [1.54, 1.807) is 7.11 Å². The lowest BCUT2D eigenvalue weighted by Crippen LogP contribution is -2.48. The third-order valence-electron chi connectivity index (χ3n) is 6.58. The predicted molar refractivity (Wildman–Crippen MR) is 141 cm³/mol. The van der Waals surface area contributed by atoms with Crippen LogP contribution in [0.2, 0.25) is 0 Å². The summed E-state index contributed by atoms with van der Waals surface area (Å²) in [6, 6.07) is 16.7. The molecule has 1 aliphatic rings. The van der Waals surface area contributed by atoms with Crippen molar-refractivity contribution in [2.24, 2.45) is 0 Å². The Labute approximate surface area is 206 Å². The molecule has 3 heterocycles. The lowest BCUT2D eigenvalue weighted by molar-refractivity contribution is 0.146. The molecule has 1 saturated heterocycles. The highest BCUT2D eigenvalue weighted by Crippen LogP contribution is 2.29. The number of likely N-dealkylation sites (N-methyl/N-ethyl adjacent to an activating group) is 1. The predicted octanol–water partition coefficient (Wildman–Crippen LogP) is 3.28. The molecular formula is C27H34N6O2.